The van der Waals surface area contributed by atoms with E-state index in [0.29, 0.717) is 21.5 Å². The Morgan fingerprint density at radius 1 is 1.09 bits per heavy atom. The van der Waals surface area contributed by atoms with Crippen LogP contribution in [0.3, 0.4) is 0 Å². The first-order valence-electron chi connectivity index (χ1n) is 10.5. The Kier molecular flexibility index (Phi) is 5.81. The third kappa shape index (κ3) is 4.53. The van der Waals surface area contributed by atoms with Crippen LogP contribution >= 0.6 is 11.8 Å². The van der Waals surface area contributed by atoms with Gasteiger partial charge < -0.3 is 4.74 Å². The van der Waals surface area contributed by atoms with E-state index in [1.165, 1.54) is 28.9 Å². The first kappa shape index (κ1) is 21.8. The van der Waals surface area contributed by atoms with E-state index in [4.69, 9.17) is 10.1 Å². The molecule has 0 aromatic heterocycles. The molecule has 2 aliphatic heterocycles. The standard InChI is InChI=1S/C26H19FN4O2S/c1-16-5-9-19(10-6-16)25-30-31-23(28)22(24(32)29-26(31)34-25)14-18-3-2-4-21(13-18)33-15-17-7-11-20(27)12-8-17/h2-14,28H,15H2,1H3/b22-14-,28-23?. The highest BCUT2D eigenvalue weighted by Gasteiger charge is 2.36. The van der Waals surface area contributed by atoms with Gasteiger partial charge in [0, 0.05) is 5.56 Å². The Labute approximate surface area is 200 Å². The fourth-order valence-corrected chi connectivity index (χ4v) is 4.31. The number of carbonyl (C=O) groups is 1. The van der Waals surface area contributed by atoms with Gasteiger partial charge in [0.25, 0.3) is 5.91 Å². The Hall–Kier alpha value is -4.04. The van der Waals surface area contributed by atoms with E-state index in [-0.39, 0.29) is 23.8 Å². The molecule has 1 amide bonds. The van der Waals surface area contributed by atoms with Crippen molar-refractivity contribution in [2.45, 2.75) is 13.5 Å². The minimum absolute atomic E-state index is 0.0257. The normalized spacial score (nSPS) is 16.4. The maximum absolute atomic E-state index is 13.1. The number of aryl methyl sites for hydroxylation is 1. The van der Waals surface area contributed by atoms with Crippen molar-refractivity contribution >= 4 is 39.8 Å². The Bertz CT molecular complexity index is 1380. The van der Waals surface area contributed by atoms with Gasteiger partial charge in [0.15, 0.2) is 5.84 Å². The number of fused-ring (bicyclic) bond motifs is 1. The highest BCUT2D eigenvalue weighted by atomic mass is 32.2. The summed E-state index contributed by atoms with van der Waals surface area (Å²) in [5.41, 5.74) is 3.72. The van der Waals surface area contributed by atoms with Gasteiger partial charge in [-0.15, -0.1) is 0 Å². The molecule has 2 heterocycles. The Balaban J connectivity index is 1.35. The Morgan fingerprint density at radius 2 is 1.85 bits per heavy atom. The first-order chi connectivity index (χ1) is 16.5. The van der Waals surface area contributed by atoms with E-state index in [2.05, 4.69) is 10.1 Å². The summed E-state index contributed by atoms with van der Waals surface area (Å²) in [5, 5.41) is 15.5. The summed E-state index contributed by atoms with van der Waals surface area (Å²) in [4.78, 5) is 16.9. The zero-order valence-electron chi connectivity index (χ0n) is 18.2. The van der Waals surface area contributed by atoms with Crippen LogP contribution in [0.2, 0.25) is 0 Å². The van der Waals surface area contributed by atoms with Gasteiger partial charge in [-0.25, -0.2) is 4.39 Å². The van der Waals surface area contributed by atoms with E-state index >= 15 is 0 Å². The number of thioether (sulfide) groups is 1. The summed E-state index contributed by atoms with van der Waals surface area (Å²) < 4.78 is 18.9. The second-order valence-electron chi connectivity index (χ2n) is 7.78. The van der Waals surface area contributed by atoms with Crippen LogP contribution in [-0.2, 0) is 11.4 Å². The summed E-state index contributed by atoms with van der Waals surface area (Å²) >= 11 is 1.27. The maximum atomic E-state index is 13.1. The minimum Gasteiger partial charge on any atom is -0.489 e. The molecule has 0 saturated carbocycles. The third-order valence-electron chi connectivity index (χ3n) is 5.24. The number of hydrazone groups is 1. The van der Waals surface area contributed by atoms with Gasteiger partial charge in [-0.05, 0) is 60.2 Å². The molecule has 0 atom stereocenters. The predicted octanol–water partition coefficient (Wildman–Crippen LogP) is 5.38. The van der Waals surface area contributed by atoms with Gasteiger partial charge in [-0.3, -0.25) is 10.2 Å². The molecule has 8 heteroatoms. The molecule has 3 aromatic carbocycles. The summed E-state index contributed by atoms with van der Waals surface area (Å²) in [7, 11) is 0. The lowest BCUT2D eigenvalue weighted by Gasteiger charge is -2.20. The summed E-state index contributed by atoms with van der Waals surface area (Å²) in [6.45, 7) is 2.29. The molecule has 6 nitrogen and oxygen atoms in total. The van der Waals surface area contributed by atoms with Crippen molar-refractivity contribution in [1.29, 1.82) is 5.41 Å². The van der Waals surface area contributed by atoms with Crippen molar-refractivity contribution < 1.29 is 13.9 Å². The number of hydrogen-bond acceptors (Lipinski definition) is 5. The molecule has 0 spiro atoms. The van der Waals surface area contributed by atoms with Gasteiger partial charge in [0.2, 0.25) is 5.17 Å². The van der Waals surface area contributed by atoms with E-state index in [9.17, 15) is 9.18 Å². The quantitative estimate of drug-likeness (QED) is 0.508. The van der Waals surface area contributed by atoms with Crippen molar-refractivity contribution in [3.63, 3.8) is 0 Å². The van der Waals surface area contributed by atoms with Crippen molar-refractivity contribution in [2.75, 3.05) is 0 Å². The number of hydrogen-bond donors (Lipinski definition) is 1. The number of aliphatic imine (C=N–C) groups is 1. The van der Waals surface area contributed by atoms with E-state index in [1.54, 1.807) is 36.4 Å². The number of rotatable bonds is 5. The van der Waals surface area contributed by atoms with Crippen molar-refractivity contribution in [1.82, 2.24) is 5.01 Å². The van der Waals surface area contributed by atoms with Crippen molar-refractivity contribution in [3.8, 4) is 5.75 Å². The molecule has 5 rings (SSSR count). The molecule has 0 aliphatic carbocycles. The SMILES string of the molecule is Cc1ccc(C2=NN3C(=N)/C(=C/c4cccc(OCc5ccc(F)cc5)c4)C(=O)N=C3S2)cc1. The topological polar surface area (TPSA) is 78.1 Å². The van der Waals surface area contributed by atoms with E-state index in [1.807, 2.05) is 37.3 Å². The van der Waals surface area contributed by atoms with Gasteiger partial charge in [0.05, 0.1) is 5.57 Å². The van der Waals surface area contributed by atoms with Crippen molar-refractivity contribution in [2.24, 2.45) is 10.1 Å². The number of amides is 1. The number of nitrogens with zero attached hydrogens (tertiary/aromatic N) is 3. The first-order valence-corrected chi connectivity index (χ1v) is 11.3. The molecule has 0 unspecified atom stereocenters. The van der Waals surface area contributed by atoms with Crippen LogP contribution in [0, 0.1) is 18.2 Å². The predicted molar refractivity (Wildman–Crippen MR) is 132 cm³/mol. The molecule has 0 radical (unpaired) electrons. The second-order valence-corrected chi connectivity index (χ2v) is 8.73. The third-order valence-corrected chi connectivity index (χ3v) is 6.20. The fraction of sp³-hybridized carbons (Fsp3) is 0.0769. The summed E-state index contributed by atoms with van der Waals surface area (Å²) in [5.74, 6) is -0.215. The lowest BCUT2D eigenvalue weighted by Crippen LogP contribution is -2.35. The Morgan fingerprint density at radius 3 is 2.62 bits per heavy atom. The maximum Gasteiger partial charge on any atom is 0.283 e. The van der Waals surface area contributed by atoms with Crippen LogP contribution in [0.1, 0.15) is 22.3 Å². The van der Waals surface area contributed by atoms with Crippen LogP contribution in [0.15, 0.2) is 88.5 Å². The summed E-state index contributed by atoms with van der Waals surface area (Å²) in [6, 6.07) is 21.2. The molecule has 34 heavy (non-hydrogen) atoms. The molecule has 3 aromatic rings. The highest BCUT2D eigenvalue weighted by molar-refractivity contribution is 8.27. The smallest absolute Gasteiger partial charge is 0.283 e. The van der Waals surface area contributed by atoms with E-state index in [0.717, 1.165) is 16.7 Å². The van der Waals surface area contributed by atoms with Gasteiger partial charge in [0.1, 0.15) is 23.2 Å². The number of ether oxygens (including phenoxy) is 1. The number of amidine groups is 2. The molecule has 0 saturated heterocycles. The van der Waals surface area contributed by atoms with Gasteiger partial charge in [-0.1, -0.05) is 54.1 Å². The largest absolute Gasteiger partial charge is 0.489 e. The molecule has 2 aliphatic rings. The number of nitrogens with one attached hydrogen (secondary N) is 1. The molecule has 1 N–H and O–H groups in total. The van der Waals surface area contributed by atoms with Crippen LogP contribution in [0.25, 0.3) is 6.08 Å². The number of halogens is 1. The summed E-state index contributed by atoms with van der Waals surface area (Å²) in [6.07, 6.45) is 1.61. The molecular weight excluding hydrogens is 451 g/mol. The minimum atomic E-state index is -0.485. The number of benzene rings is 3. The lowest BCUT2D eigenvalue weighted by atomic mass is 10.1. The van der Waals surface area contributed by atoms with Crippen LogP contribution in [0.5, 0.6) is 5.75 Å². The van der Waals surface area contributed by atoms with Crippen LogP contribution in [-0.4, -0.2) is 27.0 Å². The fourth-order valence-electron chi connectivity index (χ4n) is 3.41. The van der Waals surface area contributed by atoms with Crippen molar-refractivity contribution in [3.05, 3.63) is 106 Å². The average molecular weight is 471 g/mol. The number of carbonyl (C=O) groups excluding carboxylic acids is 1. The molecule has 0 bridgehead atoms. The average Bonchev–Trinajstić information content (AvgIpc) is 3.26. The lowest BCUT2D eigenvalue weighted by molar-refractivity contribution is -0.114. The molecular formula is C26H19FN4O2S. The van der Waals surface area contributed by atoms with Gasteiger partial charge >= 0.3 is 0 Å². The monoisotopic (exact) mass is 470 g/mol. The van der Waals surface area contributed by atoms with Crippen LogP contribution in [0.4, 0.5) is 4.39 Å². The zero-order valence-corrected chi connectivity index (χ0v) is 19.0. The van der Waals surface area contributed by atoms with Crippen LogP contribution < -0.4 is 4.74 Å². The highest BCUT2D eigenvalue weighted by Crippen LogP contribution is 2.31. The molecule has 0 fully saturated rings. The van der Waals surface area contributed by atoms with Gasteiger partial charge in [-0.2, -0.15) is 15.1 Å². The molecule has 168 valence electrons. The van der Waals surface area contributed by atoms with E-state index < -0.39 is 5.91 Å². The zero-order chi connectivity index (χ0) is 23.7. The second kappa shape index (κ2) is 9.07.